The fraction of sp³-hybridized carbons (Fsp3) is 0.667. The van der Waals surface area contributed by atoms with Crippen LogP contribution in [0.15, 0.2) is 35.5 Å². The van der Waals surface area contributed by atoms with E-state index < -0.39 is 0 Å². The third-order valence-electron chi connectivity index (χ3n) is 5.93. The Hall–Kier alpha value is -1.35. The van der Waals surface area contributed by atoms with Gasteiger partial charge in [-0.15, -0.1) is 24.0 Å². The number of piperidine rings is 1. The molecule has 0 radical (unpaired) electrons. The number of anilines is 1. The van der Waals surface area contributed by atoms with E-state index in [1.165, 1.54) is 36.8 Å². The fourth-order valence-corrected chi connectivity index (χ4v) is 4.33. The summed E-state index contributed by atoms with van der Waals surface area (Å²) in [5.41, 5.74) is 2.46. The first-order chi connectivity index (χ1) is 14.6. The molecule has 0 aliphatic carbocycles. The van der Waals surface area contributed by atoms with Gasteiger partial charge >= 0.3 is 0 Å². The summed E-state index contributed by atoms with van der Waals surface area (Å²) in [7, 11) is 0. The molecule has 0 spiro atoms. The number of aromatic nitrogens is 1. The van der Waals surface area contributed by atoms with Crippen LogP contribution in [0.3, 0.4) is 0 Å². The first-order valence-electron chi connectivity index (χ1n) is 11.8. The molecule has 7 heteroatoms. The van der Waals surface area contributed by atoms with Crippen LogP contribution in [0, 0.1) is 0 Å². The molecule has 0 atom stereocenters. The molecule has 0 aromatic carbocycles. The summed E-state index contributed by atoms with van der Waals surface area (Å²) in [5, 5.41) is 7.07. The van der Waals surface area contributed by atoms with Gasteiger partial charge in [-0.2, -0.15) is 0 Å². The minimum Gasteiger partial charge on any atom is -0.357 e. The molecule has 2 saturated heterocycles. The third-order valence-corrected chi connectivity index (χ3v) is 5.93. The lowest BCUT2D eigenvalue weighted by Gasteiger charge is -2.33. The number of halogens is 1. The van der Waals surface area contributed by atoms with E-state index in [-0.39, 0.29) is 24.0 Å². The minimum absolute atomic E-state index is 0. The molecule has 1 aromatic heterocycles. The van der Waals surface area contributed by atoms with Crippen LogP contribution in [0.25, 0.3) is 0 Å². The molecular formula is C24H41IN6. The van der Waals surface area contributed by atoms with Crippen molar-refractivity contribution in [1.29, 1.82) is 0 Å². The van der Waals surface area contributed by atoms with Gasteiger partial charge in [-0.1, -0.05) is 25.0 Å². The van der Waals surface area contributed by atoms with E-state index >= 15 is 0 Å². The number of nitrogens with one attached hydrogen (secondary N) is 2. The maximum Gasteiger partial charge on any atom is 0.191 e. The highest BCUT2D eigenvalue weighted by Crippen LogP contribution is 2.18. The van der Waals surface area contributed by atoms with Crippen LogP contribution in [0.1, 0.15) is 57.9 Å². The standard InChI is InChI=1S/C24H40N6.HI/c1-4-25-24(28-22-10-15-29(16-11-22)19-20(2)3)27-18-21-9-12-26-23(17-21)30-13-7-5-6-8-14-30;/h9,12,17,22H,2,4-8,10-11,13-16,18-19H2,1,3H3,(H2,25,27,28);1H. The molecule has 3 heterocycles. The highest BCUT2D eigenvalue weighted by atomic mass is 127. The lowest BCUT2D eigenvalue weighted by Crippen LogP contribution is -2.48. The van der Waals surface area contributed by atoms with Crippen molar-refractivity contribution in [2.45, 2.75) is 65.0 Å². The normalized spacial score (nSPS) is 18.8. The van der Waals surface area contributed by atoms with Gasteiger partial charge in [0.15, 0.2) is 5.96 Å². The lowest BCUT2D eigenvalue weighted by atomic mass is 10.0. The van der Waals surface area contributed by atoms with Gasteiger partial charge in [-0.3, -0.25) is 4.90 Å². The second-order valence-corrected chi connectivity index (χ2v) is 8.77. The predicted octanol–water partition coefficient (Wildman–Crippen LogP) is 4.18. The van der Waals surface area contributed by atoms with Crippen molar-refractivity contribution in [3.8, 4) is 0 Å². The van der Waals surface area contributed by atoms with Crippen LogP contribution >= 0.6 is 24.0 Å². The molecule has 174 valence electrons. The van der Waals surface area contributed by atoms with E-state index in [4.69, 9.17) is 4.99 Å². The highest BCUT2D eigenvalue weighted by molar-refractivity contribution is 14.0. The highest BCUT2D eigenvalue weighted by Gasteiger charge is 2.19. The number of hydrogen-bond donors (Lipinski definition) is 2. The summed E-state index contributed by atoms with van der Waals surface area (Å²) >= 11 is 0. The maximum atomic E-state index is 4.87. The van der Waals surface area contributed by atoms with Gasteiger partial charge in [0.25, 0.3) is 0 Å². The molecule has 0 bridgehead atoms. The van der Waals surface area contributed by atoms with Crippen molar-refractivity contribution < 1.29 is 0 Å². The summed E-state index contributed by atoms with van der Waals surface area (Å²) in [4.78, 5) is 14.4. The fourth-order valence-electron chi connectivity index (χ4n) is 4.33. The molecular weight excluding hydrogens is 499 g/mol. The van der Waals surface area contributed by atoms with Gasteiger partial charge < -0.3 is 15.5 Å². The molecule has 2 fully saturated rings. The average Bonchev–Trinajstić information content (AvgIpc) is 3.03. The molecule has 2 aliphatic rings. The van der Waals surface area contributed by atoms with E-state index in [0.29, 0.717) is 12.6 Å². The van der Waals surface area contributed by atoms with Crippen LogP contribution in [0.5, 0.6) is 0 Å². The number of aliphatic imine (C=N–C) groups is 1. The Morgan fingerprint density at radius 1 is 1.16 bits per heavy atom. The quantitative estimate of drug-likeness (QED) is 0.235. The van der Waals surface area contributed by atoms with Crippen LogP contribution in [-0.2, 0) is 6.54 Å². The Morgan fingerprint density at radius 3 is 2.52 bits per heavy atom. The van der Waals surface area contributed by atoms with E-state index in [1.807, 2.05) is 6.20 Å². The van der Waals surface area contributed by atoms with E-state index in [2.05, 4.69) is 58.0 Å². The molecule has 0 amide bonds. The minimum atomic E-state index is 0. The topological polar surface area (TPSA) is 55.8 Å². The molecule has 1 aromatic rings. The second-order valence-electron chi connectivity index (χ2n) is 8.77. The molecule has 0 unspecified atom stereocenters. The van der Waals surface area contributed by atoms with Crippen LogP contribution < -0.4 is 15.5 Å². The Morgan fingerprint density at radius 2 is 1.87 bits per heavy atom. The van der Waals surface area contributed by atoms with E-state index in [9.17, 15) is 0 Å². The molecule has 0 saturated carbocycles. The summed E-state index contributed by atoms with van der Waals surface area (Å²) in [5.74, 6) is 2.02. The summed E-state index contributed by atoms with van der Waals surface area (Å²) in [6, 6.07) is 4.79. The Kier molecular flexibility index (Phi) is 11.6. The Balaban J connectivity index is 0.00000341. The van der Waals surface area contributed by atoms with Gasteiger partial charge in [0, 0.05) is 51.5 Å². The largest absolute Gasteiger partial charge is 0.357 e. The zero-order valence-electron chi connectivity index (χ0n) is 19.4. The first kappa shape index (κ1) is 25.9. The van der Waals surface area contributed by atoms with Gasteiger partial charge in [0.05, 0.1) is 6.54 Å². The molecule has 6 nitrogen and oxygen atoms in total. The smallest absolute Gasteiger partial charge is 0.191 e. The lowest BCUT2D eigenvalue weighted by molar-refractivity contribution is 0.221. The molecule has 3 rings (SSSR count). The Bertz CT molecular complexity index is 691. The first-order valence-corrected chi connectivity index (χ1v) is 11.8. The number of hydrogen-bond acceptors (Lipinski definition) is 4. The molecule has 2 aliphatic heterocycles. The van der Waals surface area contributed by atoms with Crippen molar-refractivity contribution in [3.63, 3.8) is 0 Å². The van der Waals surface area contributed by atoms with Crippen molar-refractivity contribution >= 4 is 35.8 Å². The third kappa shape index (κ3) is 8.96. The Labute approximate surface area is 206 Å². The van der Waals surface area contributed by atoms with E-state index in [0.717, 1.165) is 63.9 Å². The SMILES string of the molecule is C=C(C)CN1CCC(NC(=NCc2ccnc(N3CCCCCC3)c2)NCC)CC1.I. The van der Waals surface area contributed by atoms with Crippen LogP contribution in [-0.4, -0.2) is 61.2 Å². The van der Waals surface area contributed by atoms with Crippen LogP contribution in [0.2, 0.25) is 0 Å². The zero-order chi connectivity index (χ0) is 21.2. The maximum absolute atomic E-state index is 4.87. The average molecular weight is 541 g/mol. The van der Waals surface area contributed by atoms with E-state index in [1.54, 1.807) is 0 Å². The number of rotatable bonds is 7. The molecule has 2 N–H and O–H groups in total. The summed E-state index contributed by atoms with van der Waals surface area (Å²) < 4.78 is 0. The van der Waals surface area contributed by atoms with Crippen molar-refractivity contribution in [3.05, 3.63) is 36.0 Å². The van der Waals surface area contributed by atoms with Crippen LogP contribution in [0.4, 0.5) is 5.82 Å². The van der Waals surface area contributed by atoms with Gasteiger partial charge in [0.1, 0.15) is 5.82 Å². The number of nitrogens with zero attached hydrogens (tertiary/aromatic N) is 4. The predicted molar refractivity (Wildman–Crippen MR) is 143 cm³/mol. The van der Waals surface area contributed by atoms with Crippen molar-refractivity contribution in [2.24, 2.45) is 4.99 Å². The van der Waals surface area contributed by atoms with Gasteiger partial charge in [-0.25, -0.2) is 9.98 Å². The van der Waals surface area contributed by atoms with Gasteiger partial charge in [0.2, 0.25) is 0 Å². The van der Waals surface area contributed by atoms with Crippen molar-refractivity contribution in [1.82, 2.24) is 20.5 Å². The number of guanidine groups is 1. The summed E-state index contributed by atoms with van der Waals surface area (Å²) in [6.07, 6.45) is 9.43. The summed E-state index contributed by atoms with van der Waals surface area (Å²) in [6.45, 7) is 15.3. The molecule has 31 heavy (non-hydrogen) atoms. The monoisotopic (exact) mass is 540 g/mol. The van der Waals surface area contributed by atoms with Gasteiger partial charge in [-0.05, 0) is 57.2 Å². The second kappa shape index (κ2) is 13.9. The zero-order valence-corrected chi connectivity index (χ0v) is 21.7. The number of likely N-dealkylation sites (tertiary alicyclic amines) is 1. The number of pyridine rings is 1. The van der Waals surface area contributed by atoms with Crippen molar-refractivity contribution in [2.75, 3.05) is 44.2 Å².